The fourth-order valence-electron chi connectivity index (χ4n) is 4.64. The lowest BCUT2D eigenvalue weighted by molar-refractivity contribution is -0.117. The quantitative estimate of drug-likeness (QED) is 0.383. The summed E-state index contributed by atoms with van der Waals surface area (Å²) in [6.07, 6.45) is 0.140. The molecule has 178 valence electrons. The molecule has 3 aromatic carbocycles. The van der Waals surface area contributed by atoms with Gasteiger partial charge in [-0.3, -0.25) is 4.79 Å². The molecule has 8 heteroatoms. The van der Waals surface area contributed by atoms with E-state index in [1.807, 2.05) is 24.3 Å². The van der Waals surface area contributed by atoms with Crippen LogP contribution in [0.25, 0.3) is 11.1 Å². The standard InChI is InChI=1S/C27H23BrN2O5/c28-23-10-9-15(26(32)33)12-24(23)30-25(31)21-11-16(21)13-29-27(34)35-14-22-19-7-3-1-5-17(19)18-6-2-4-8-20(18)22/h1-10,12,16,21-22H,11,13-14H2,(H,29,34)(H,30,31)(H,32,33). The highest BCUT2D eigenvalue weighted by molar-refractivity contribution is 9.10. The minimum Gasteiger partial charge on any atom is -0.478 e. The smallest absolute Gasteiger partial charge is 0.407 e. The van der Waals surface area contributed by atoms with E-state index in [1.165, 1.54) is 23.3 Å². The Bertz CT molecular complexity index is 1280. The van der Waals surface area contributed by atoms with Crippen molar-refractivity contribution < 1.29 is 24.2 Å². The normalized spacial score (nSPS) is 17.7. The van der Waals surface area contributed by atoms with Crippen LogP contribution in [-0.4, -0.2) is 36.2 Å². The zero-order valence-corrected chi connectivity index (χ0v) is 20.2. The molecular weight excluding hydrogens is 512 g/mol. The summed E-state index contributed by atoms with van der Waals surface area (Å²) in [6, 6.07) is 20.8. The molecule has 0 aliphatic heterocycles. The van der Waals surface area contributed by atoms with E-state index < -0.39 is 12.1 Å². The molecule has 3 aromatic rings. The topological polar surface area (TPSA) is 105 Å². The number of hydrogen-bond acceptors (Lipinski definition) is 4. The van der Waals surface area contributed by atoms with Gasteiger partial charge in [-0.25, -0.2) is 9.59 Å². The minimum atomic E-state index is -1.07. The number of amides is 2. The number of halogens is 1. The van der Waals surface area contributed by atoms with E-state index in [0.717, 1.165) is 11.1 Å². The predicted octanol–water partition coefficient (Wildman–Crippen LogP) is 5.26. The van der Waals surface area contributed by atoms with Gasteiger partial charge in [0.15, 0.2) is 0 Å². The van der Waals surface area contributed by atoms with Gasteiger partial charge in [-0.1, -0.05) is 48.5 Å². The van der Waals surface area contributed by atoms with Crippen molar-refractivity contribution in [2.75, 3.05) is 18.5 Å². The van der Waals surface area contributed by atoms with Gasteiger partial charge in [0.1, 0.15) is 6.61 Å². The summed E-state index contributed by atoms with van der Waals surface area (Å²) < 4.78 is 6.15. The third kappa shape index (κ3) is 4.79. The first-order valence-electron chi connectivity index (χ1n) is 11.3. The van der Waals surface area contributed by atoms with Crippen molar-refractivity contribution >= 4 is 39.6 Å². The third-order valence-electron chi connectivity index (χ3n) is 6.58. The van der Waals surface area contributed by atoms with Crippen molar-refractivity contribution in [1.82, 2.24) is 5.32 Å². The number of carbonyl (C=O) groups excluding carboxylic acids is 2. The summed E-state index contributed by atoms with van der Waals surface area (Å²) in [6.45, 7) is 0.577. The van der Waals surface area contributed by atoms with Gasteiger partial charge in [-0.05, 0) is 68.7 Å². The molecular formula is C27H23BrN2O5. The van der Waals surface area contributed by atoms with E-state index in [1.54, 1.807) is 6.07 Å². The van der Waals surface area contributed by atoms with Gasteiger partial charge in [-0.2, -0.15) is 0 Å². The molecule has 7 nitrogen and oxygen atoms in total. The van der Waals surface area contributed by atoms with Crippen LogP contribution in [0.15, 0.2) is 71.2 Å². The van der Waals surface area contributed by atoms with E-state index in [-0.39, 0.29) is 35.8 Å². The maximum Gasteiger partial charge on any atom is 0.407 e. The Kier molecular flexibility index (Phi) is 6.30. The Labute approximate surface area is 210 Å². The molecule has 2 aliphatic carbocycles. The van der Waals surface area contributed by atoms with Crippen LogP contribution in [0.1, 0.15) is 33.8 Å². The number of carboxylic acids is 1. The molecule has 0 radical (unpaired) electrons. The molecule has 3 N–H and O–H groups in total. The van der Waals surface area contributed by atoms with Gasteiger partial charge in [0.05, 0.1) is 11.3 Å². The van der Waals surface area contributed by atoms with Gasteiger partial charge in [-0.15, -0.1) is 0 Å². The number of carbonyl (C=O) groups is 3. The number of alkyl carbamates (subject to hydrolysis) is 1. The molecule has 0 heterocycles. The highest BCUT2D eigenvalue weighted by Gasteiger charge is 2.43. The van der Waals surface area contributed by atoms with E-state index >= 15 is 0 Å². The van der Waals surface area contributed by atoms with E-state index in [9.17, 15) is 14.4 Å². The molecule has 2 aliphatic rings. The second kappa shape index (κ2) is 9.54. The molecule has 0 aromatic heterocycles. The largest absolute Gasteiger partial charge is 0.478 e. The maximum atomic E-state index is 12.6. The fraction of sp³-hybridized carbons (Fsp3) is 0.222. The summed E-state index contributed by atoms with van der Waals surface area (Å²) in [7, 11) is 0. The molecule has 5 rings (SSSR count). The Hall–Kier alpha value is -3.65. The van der Waals surface area contributed by atoms with E-state index in [0.29, 0.717) is 23.1 Å². The van der Waals surface area contributed by atoms with Crippen LogP contribution in [0, 0.1) is 11.8 Å². The molecule has 0 bridgehead atoms. The number of aromatic carboxylic acids is 1. The second-order valence-electron chi connectivity index (χ2n) is 8.80. The Morgan fingerprint density at radius 1 is 0.971 bits per heavy atom. The van der Waals surface area contributed by atoms with Gasteiger partial charge in [0, 0.05) is 22.9 Å². The lowest BCUT2D eigenvalue weighted by Crippen LogP contribution is -2.29. The number of anilines is 1. The van der Waals surface area contributed by atoms with Crippen molar-refractivity contribution in [2.45, 2.75) is 12.3 Å². The number of nitrogens with one attached hydrogen (secondary N) is 2. The van der Waals surface area contributed by atoms with Crippen LogP contribution >= 0.6 is 15.9 Å². The Morgan fingerprint density at radius 3 is 2.29 bits per heavy atom. The summed E-state index contributed by atoms with van der Waals surface area (Å²) in [5.41, 5.74) is 5.14. The van der Waals surface area contributed by atoms with Crippen LogP contribution in [0.5, 0.6) is 0 Å². The number of ether oxygens (including phenoxy) is 1. The molecule has 0 spiro atoms. The van der Waals surface area contributed by atoms with Crippen LogP contribution < -0.4 is 10.6 Å². The van der Waals surface area contributed by atoms with Crippen LogP contribution in [0.4, 0.5) is 10.5 Å². The highest BCUT2D eigenvalue weighted by atomic mass is 79.9. The summed E-state index contributed by atoms with van der Waals surface area (Å²) in [4.78, 5) is 36.1. The van der Waals surface area contributed by atoms with Crippen molar-refractivity contribution in [3.63, 3.8) is 0 Å². The molecule has 2 unspecified atom stereocenters. The van der Waals surface area contributed by atoms with Crippen LogP contribution in [-0.2, 0) is 9.53 Å². The number of fused-ring (bicyclic) bond motifs is 3. The fourth-order valence-corrected chi connectivity index (χ4v) is 4.98. The van der Waals surface area contributed by atoms with Crippen molar-refractivity contribution in [2.24, 2.45) is 11.8 Å². The van der Waals surface area contributed by atoms with Crippen LogP contribution in [0.2, 0.25) is 0 Å². The Balaban J connectivity index is 1.11. The minimum absolute atomic E-state index is 0.00684. The van der Waals surface area contributed by atoms with Crippen LogP contribution in [0.3, 0.4) is 0 Å². The summed E-state index contributed by atoms with van der Waals surface area (Å²) >= 11 is 3.33. The predicted molar refractivity (Wildman–Crippen MR) is 134 cm³/mol. The van der Waals surface area contributed by atoms with Gasteiger partial charge in [0.2, 0.25) is 5.91 Å². The second-order valence-corrected chi connectivity index (χ2v) is 9.65. The lowest BCUT2D eigenvalue weighted by atomic mass is 9.98. The van der Waals surface area contributed by atoms with Crippen molar-refractivity contribution in [3.8, 4) is 11.1 Å². The molecule has 0 saturated heterocycles. The zero-order valence-electron chi connectivity index (χ0n) is 18.7. The molecule has 1 fully saturated rings. The Morgan fingerprint density at radius 2 is 1.63 bits per heavy atom. The number of benzene rings is 3. The first-order valence-corrected chi connectivity index (χ1v) is 12.1. The highest BCUT2D eigenvalue weighted by Crippen LogP contribution is 2.44. The molecule has 1 saturated carbocycles. The first kappa shape index (κ1) is 23.1. The van der Waals surface area contributed by atoms with E-state index in [4.69, 9.17) is 9.84 Å². The average molecular weight is 535 g/mol. The number of carboxylic acid groups (broad SMARTS) is 1. The molecule has 2 amide bonds. The maximum absolute atomic E-state index is 12.6. The SMILES string of the molecule is O=C(NCC1CC1C(=O)Nc1cc(C(=O)O)ccc1Br)OCC1c2ccccc2-c2ccccc21. The zero-order chi connectivity index (χ0) is 24.5. The van der Waals surface area contributed by atoms with Gasteiger partial charge >= 0.3 is 12.1 Å². The lowest BCUT2D eigenvalue weighted by Gasteiger charge is -2.14. The first-order chi connectivity index (χ1) is 16.9. The molecule has 35 heavy (non-hydrogen) atoms. The molecule has 2 atom stereocenters. The average Bonchev–Trinajstić information content (AvgIpc) is 3.58. The number of hydrogen-bond donors (Lipinski definition) is 3. The summed E-state index contributed by atoms with van der Waals surface area (Å²) in [5.74, 6) is -1.51. The number of rotatable bonds is 7. The van der Waals surface area contributed by atoms with Crippen molar-refractivity contribution in [1.29, 1.82) is 0 Å². The van der Waals surface area contributed by atoms with E-state index in [2.05, 4.69) is 50.8 Å². The summed E-state index contributed by atoms with van der Waals surface area (Å²) in [5, 5.41) is 14.7. The monoisotopic (exact) mass is 534 g/mol. The third-order valence-corrected chi connectivity index (χ3v) is 7.27. The van der Waals surface area contributed by atoms with Gasteiger partial charge in [0.25, 0.3) is 0 Å². The van der Waals surface area contributed by atoms with Gasteiger partial charge < -0.3 is 20.5 Å². The van der Waals surface area contributed by atoms with Crippen molar-refractivity contribution in [3.05, 3.63) is 87.9 Å².